The second kappa shape index (κ2) is 5.52. The van der Waals surface area contributed by atoms with Crippen molar-refractivity contribution in [3.63, 3.8) is 0 Å². The van der Waals surface area contributed by atoms with Crippen molar-refractivity contribution in [3.8, 4) is 6.07 Å². The summed E-state index contributed by atoms with van der Waals surface area (Å²) in [5.41, 5.74) is 0.881. The van der Waals surface area contributed by atoms with E-state index in [1.54, 1.807) is 6.07 Å². The van der Waals surface area contributed by atoms with Gasteiger partial charge in [0.2, 0.25) is 0 Å². The number of nitrogens with zero attached hydrogens (tertiary/aromatic N) is 2. The Kier molecular flexibility index (Phi) is 4.32. The molecule has 4 nitrogen and oxygen atoms in total. The Morgan fingerprint density at radius 1 is 1.75 bits per heavy atom. The van der Waals surface area contributed by atoms with Gasteiger partial charge in [-0.2, -0.15) is 5.26 Å². The van der Waals surface area contributed by atoms with Crippen LogP contribution in [0.4, 0.5) is 5.69 Å². The zero-order valence-electron chi connectivity index (χ0n) is 9.30. The summed E-state index contributed by atoms with van der Waals surface area (Å²) in [6.45, 7) is 5.24. The normalized spacial score (nSPS) is 11.8. The summed E-state index contributed by atoms with van der Waals surface area (Å²) in [6.07, 6.45) is 0. The number of nitriles is 1. The van der Waals surface area contributed by atoms with E-state index in [9.17, 15) is 4.79 Å². The molecule has 1 aromatic rings. The minimum Gasteiger partial charge on any atom is -0.477 e. The molecule has 0 amide bonds. The SMILES string of the molecule is CCN(CC(C)C#N)c1csc(C(=O)O)c1. The number of thiophene rings is 1. The molecule has 1 atom stereocenters. The first-order chi connectivity index (χ1) is 7.58. The second-order valence-corrected chi connectivity index (χ2v) is 4.45. The van der Waals surface area contributed by atoms with Gasteiger partial charge in [0.1, 0.15) is 4.88 Å². The van der Waals surface area contributed by atoms with Crippen molar-refractivity contribution >= 4 is 23.0 Å². The highest BCUT2D eigenvalue weighted by molar-refractivity contribution is 7.12. The van der Waals surface area contributed by atoms with Crippen molar-refractivity contribution in [2.24, 2.45) is 5.92 Å². The maximum absolute atomic E-state index is 10.7. The molecule has 1 unspecified atom stereocenters. The Hall–Kier alpha value is -1.54. The number of hydrogen-bond acceptors (Lipinski definition) is 4. The van der Waals surface area contributed by atoms with Gasteiger partial charge in [0.05, 0.1) is 12.0 Å². The molecule has 1 aromatic heterocycles. The minimum absolute atomic E-state index is 0.0619. The van der Waals surface area contributed by atoms with Crippen LogP contribution < -0.4 is 4.90 Å². The standard InChI is InChI=1S/C11H14N2O2S/c1-3-13(6-8(2)5-12)9-4-10(11(14)15)16-7-9/h4,7-8H,3,6H2,1-2H3,(H,14,15). The Balaban J connectivity index is 2.79. The Morgan fingerprint density at radius 3 is 2.88 bits per heavy atom. The first kappa shape index (κ1) is 12.5. The van der Waals surface area contributed by atoms with Gasteiger partial charge in [0.25, 0.3) is 0 Å². The third-order valence-corrected chi connectivity index (χ3v) is 3.16. The van der Waals surface area contributed by atoms with E-state index in [-0.39, 0.29) is 5.92 Å². The van der Waals surface area contributed by atoms with Gasteiger partial charge in [-0.05, 0) is 19.9 Å². The molecule has 0 saturated carbocycles. The summed E-state index contributed by atoms with van der Waals surface area (Å²) >= 11 is 1.21. The molecular weight excluding hydrogens is 224 g/mol. The van der Waals surface area contributed by atoms with E-state index in [0.717, 1.165) is 12.2 Å². The van der Waals surface area contributed by atoms with Gasteiger partial charge in [-0.25, -0.2) is 4.79 Å². The number of hydrogen-bond donors (Lipinski definition) is 1. The van der Waals surface area contributed by atoms with Gasteiger partial charge in [0.15, 0.2) is 0 Å². The van der Waals surface area contributed by atoms with Crippen molar-refractivity contribution in [1.29, 1.82) is 5.26 Å². The highest BCUT2D eigenvalue weighted by Gasteiger charge is 2.13. The number of aromatic carboxylic acids is 1. The first-order valence-corrected chi connectivity index (χ1v) is 5.92. The number of carboxylic acid groups (broad SMARTS) is 1. The van der Waals surface area contributed by atoms with Crippen LogP contribution in [0.5, 0.6) is 0 Å². The molecule has 0 aliphatic carbocycles. The molecule has 1 rings (SSSR count). The molecule has 86 valence electrons. The summed E-state index contributed by atoms with van der Waals surface area (Å²) in [5, 5.41) is 19.4. The molecule has 1 N–H and O–H groups in total. The minimum atomic E-state index is -0.902. The molecule has 0 aliphatic rings. The van der Waals surface area contributed by atoms with E-state index in [4.69, 9.17) is 10.4 Å². The van der Waals surface area contributed by atoms with Crippen LogP contribution in [0.25, 0.3) is 0 Å². The molecule has 0 spiro atoms. The third kappa shape index (κ3) is 2.97. The van der Waals surface area contributed by atoms with E-state index in [0.29, 0.717) is 11.4 Å². The molecule has 16 heavy (non-hydrogen) atoms. The van der Waals surface area contributed by atoms with Gasteiger partial charge in [-0.1, -0.05) is 0 Å². The van der Waals surface area contributed by atoms with Gasteiger partial charge in [0, 0.05) is 24.2 Å². The Bertz CT molecular complexity index is 408. The summed E-state index contributed by atoms with van der Waals surface area (Å²) < 4.78 is 0. The molecule has 0 saturated heterocycles. The molecule has 5 heteroatoms. The lowest BCUT2D eigenvalue weighted by Crippen LogP contribution is -2.27. The van der Waals surface area contributed by atoms with Crippen molar-refractivity contribution in [2.75, 3.05) is 18.0 Å². The molecule has 1 heterocycles. The van der Waals surface area contributed by atoms with Crippen molar-refractivity contribution in [3.05, 3.63) is 16.3 Å². The zero-order chi connectivity index (χ0) is 12.1. The highest BCUT2D eigenvalue weighted by Crippen LogP contribution is 2.23. The second-order valence-electron chi connectivity index (χ2n) is 3.54. The average Bonchev–Trinajstić information content (AvgIpc) is 2.74. The van der Waals surface area contributed by atoms with Crippen LogP contribution in [0.2, 0.25) is 0 Å². The maximum Gasteiger partial charge on any atom is 0.345 e. The summed E-state index contributed by atoms with van der Waals surface area (Å²) in [5.74, 6) is -0.964. The number of anilines is 1. The lowest BCUT2D eigenvalue weighted by atomic mass is 10.2. The Morgan fingerprint density at radius 2 is 2.44 bits per heavy atom. The first-order valence-electron chi connectivity index (χ1n) is 5.04. The maximum atomic E-state index is 10.7. The highest BCUT2D eigenvalue weighted by atomic mass is 32.1. The Labute approximate surface area is 98.7 Å². The number of carboxylic acids is 1. The van der Waals surface area contributed by atoms with Crippen molar-refractivity contribution in [2.45, 2.75) is 13.8 Å². The van der Waals surface area contributed by atoms with Gasteiger partial charge < -0.3 is 10.0 Å². The molecule has 0 radical (unpaired) electrons. The monoisotopic (exact) mass is 238 g/mol. The van der Waals surface area contributed by atoms with Crippen LogP contribution in [-0.2, 0) is 0 Å². The lowest BCUT2D eigenvalue weighted by Gasteiger charge is -2.22. The molecule has 0 aromatic carbocycles. The smallest absolute Gasteiger partial charge is 0.345 e. The third-order valence-electron chi connectivity index (χ3n) is 2.26. The van der Waals surface area contributed by atoms with Gasteiger partial charge >= 0.3 is 5.97 Å². The topological polar surface area (TPSA) is 64.3 Å². The van der Waals surface area contributed by atoms with E-state index in [1.807, 2.05) is 24.1 Å². The molecule has 0 bridgehead atoms. The predicted octanol–water partition coefficient (Wildman–Crippen LogP) is 2.43. The fraction of sp³-hybridized carbons (Fsp3) is 0.455. The largest absolute Gasteiger partial charge is 0.477 e. The van der Waals surface area contributed by atoms with E-state index < -0.39 is 5.97 Å². The summed E-state index contributed by atoms with van der Waals surface area (Å²) in [6, 6.07) is 3.83. The average molecular weight is 238 g/mol. The van der Waals surface area contributed by atoms with Crippen LogP contribution in [0.1, 0.15) is 23.5 Å². The molecule has 0 aliphatic heterocycles. The number of carbonyl (C=O) groups is 1. The summed E-state index contributed by atoms with van der Waals surface area (Å²) in [4.78, 5) is 13.1. The van der Waals surface area contributed by atoms with Gasteiger partial charge in [-0.15, -0.1) is 11.3 Å². The van der Waals surface area contributed by atoms with Crippen molar-refractivity contribution in [1.82, 2.24) is 0 Å². The molecule has 0 fully saturated rings. The van der Waals surface area contributed by atoms with Crippen LogP contribution >= 0.6 is 11.3 Å². The quantitative estimate of drug-likeness (QED) is 0.855. The van der Waals surface area contributed by atoms with E-state index in [1.165, 1.54) is 11.3 Å². The van der Waals surface area contributed by atoms with Gasteiger partial charge in [-0.3, -0.25) is 0 Å². The zero-order valence-corrected chi connectivity index (χ0v) is 10.1. The van der Waals surface area contributed by atoms with Crippen LogP contribution in [0.3, 0.4) is 0 Å². The van der Waals surface area contributed by atoms with Crippen molar-refractivity contribution < 1.29 is 9.90 Å². The fourth-order valence-corrected chi connectivity index (χ4v) is 2.15. The van der Waals surface area contributed by atoms with E-state index >= 15 is 0 Å². The molecular formula is C11H14N2O2S. The fourth-order valence-electron chi connectivity index (χ4n) is 1.39. The number of rotatable bonds is 5. The summed E-state index contributed by atoms with van der Waals surface area (Å²) in [7, 11) is 0. The lowest BCUT2D eigenvalue weighted by molar-refractivity contribution is 0.0702. The van der Waals surface area contributed by atoms with Crippen LogP contribution in [-0.4, -0.2) is 24.2 Å². The van der Waals surface area contributed by atoms with E-state index in [2.05, 4.69) is 6.07 Å². The van der Waals surface area contributed by atoms with Crippen LogP contribution in [0, 0.1) is 17.2 Å². The predicted molar refractivity (Wildman–Crippen MR) is 63.9 cm³/mol. The van der Waals surface area contributed by atoms with Crippen LogP contribution in [0.15, 0.2) is 11.4 Å².